The van der Waals surface area contributed by atoms with Crippen molar-refractivity contribution >= 4 is 0 Å². The first-order chi connectivity index (χ1) is 5.68. The van der Waals surface area contributed by atoms with Crippen molar-refractivity contribution < 1.29 is 4.39 Å². The Morgan fingerprint density at radius 1 is 1.42 bits per heavy atom. The van der Waals surface area contributed by atoms with Crippen molar-refractivity contribution in [3.63, 3.8) is 0 Å². The monoisotopic (exact) mass is 164 g/mol. The first-order valence-electron chi connectivity index (χ1n) is 4.44. The first-order valence-corrected chi connectivity index (χ1v) is 4.44. The molecule has 0 saturated heterocycles. The lowest BCUT2D eigenvalue weighted by molar-refractivity contribution is 0.615. The summed E-state index contributed by atoms with van der Waals surface area (Å²) < 4.78 is 13.1. The normalized spacial score (nSPS) is 27.2. The van der Waals surface area contributed by atoms with Gasteiger partial charge in [-0.05, 0) is 42.4 Å². The van der Waals surface area contributed by atoms with Crippen molar-refractivity contribution in [3.05, 3.63) is 35.1 Å². The van der Waals surface area contributed by atoms with Gasteiger partial charge in [-0.1, -0.05) is 19.1 Å². The molecule has 0 heterocycles. The van der Waals surface area contributed by atoms with E-state index in [-0.39, 0.29) is 5.82 Å². The molecule has 0 radical (unpaired) electrons. The third-order valence-electron chi connectivity index (χ3n) is 2.73. The van der Waals surface area contributed by atoms with Gasteiger partial charge in [0.25, 0.3) is 0 Å². The van der Waals surface area contributed by atoms with Crippen molar-refractivity contribution in [2.24, 2.45) is 5.92 Å². The Labute approximate surface area is 72.4 Å². The molecular formula is C11H13F. The Kier molecular flexibility index (Phi) is 1.67. The second-order valence-corrected chi connectivity index (χ2v) is 3.83. The van der Waals surface area contributed by atoms with Crippen LogP contribution in [0.1, 0.15) is 30.4 Å². The van der Waals surface area contributed by atoms with E-state index in [4.69, 9.17) is 0 Å². The molecule has 1 aromatic rings. The molecular weight excluding hydrogens is 151 g/mol. The smallest absolute Gasteiger partial charge is 0.126 e. The maximum atomic E-state index is 13.1. The second kappa shape index (κ2) is 2.58. The molecule has 2 atom stereocenters. The quantitative estimate of drug-likeness (QED) is 0.597. The minimum Gasteiger partial charge on any atom is -0.207 e. The van der Waals surface area contributed by atoms with Gasteiger partial charge in [0.2, 0.25) is 0 Å². The molecule has 1 aliphatic rings. The van der Waals surface area contributed by atoms with Crippen molar-refractivity contribution in [3.8, 4) is 0 Å². The molecule has 0 bridgehead atoms. The molecule has 1 saturated carbocycles. The van der Waals surface area contributed by atoms with E-state index in [0.717, 1.165) is 11.5 Å². The summed E-state index contributed by atoms with van der Waals surface area (Å²) in [6.45, 7) is 4.01. The fourth-order valence-electron chi connectivity index (χ4n) is 1.63. The van der Waals surface area contributed by atoms with Crippen LogP contribution >= 0.6 is 0 Å². The highest BCUT2D eigenvalue weighted by molar-refractivity contribution is 5.29. The van der Waals surface area contributed by atoms with Gasteiger partial charge >= 0.3 is 0 Å². The topological polar surface area (TPSA) is 0 Å². The fraction of sp³-hybridized carbons (Fsp3) is 0.455. The van der Waals surface area contributed by atoms with Gasteiger partial charge in [-0.25, -0.2) is 4.39 Å². The van der Waals surface area contributed by atoms with E-state index in [1.807, 2.05) is 12.1 Å². The summed E-state index contributed by atoms with van der Waals surface area (Å²) in [6, 6.07) is 5.60. The van der Waals surface area contributed by atoms with Crippen LogP contribution in [0.25, 0.3) is 0 Å². The highest BCUT2D eigenvalue weighted by Gasteiger charge is 2.33. The van der Waals surface area contributed by atoms with E-state index < -0.39 is 0 Å². The van der Waals surface area contributed by atoms with E-state index in [1.54, 1.807) is 13.0 Å². The second-order valence-electron chi connectivity index (χ2n) is 3.83. The van der Waals surface area contributed by atoms with Crippen LogP contribution in [0.4, 0.5) is 4.39 Å². The number of hydrogen-bond donors (Lipinski definition) is 0. The van der Waals surface area contributed by atoms with Gasteiger partial charge in [-0.2, -0.15) is 0 Å². The molecule has 2 rings (SSSR count). The summed E-state index contributed by atoms with van der Waals surface area (Å²) in [5.41, 5.74) is 1.91. The fourth-order valence-corrected chi connectivity index (χ4v) is 1.63. The first kappa shape index (κ1) is 7.78. The van der Waals surface area contributed by atoms with Gasteiger partial charge in [0.05, 0.1) is 0 Å². The molecule has 1 fully saturated rings. The summed E-state index contributed by atoms with van der Waals surface area (Å²) in [6.07, 6.45) is 1.22. The number of hydrogen-bond acceptors (Lipinski definition) is 0. The molecule has 0 nitrogen and oxygen atoms in total. The van der Waals surface area contributed by atoms with Gasteiger partial charge in [-0.3, -0.25) is 0 Å². The minimum atomic E-state index is -0.0633. The predicted octanol–water partition coefficient (Wildman–Crippen LogP) is 3.26. The average Bonchev–Trinajstić information content (AvgIpc) is 2.73. The van der Waals surface area contributed by atoms with Gasteiger partial charge in [0.1, 0.15) is 5.82 Å². The van der Waals surface area contributed by atoms with Crippen LogP contribution < -0.4 is 0 Å². The highest BCUT2D eigenvalue weighted by atomic mass is 19.1. The third-order valence-corrected chi connectivity index (χ3v) is 2.73. The lowest BCUT2D eigenvalue weighted by atomic mass is 10.1. The van der Waals surface area contributed by atoms with E-state index >= 15 is 0 Å². The Morgan fingerprint density at radius 2 is 2.08 bits per heavy atom. The lowest BCUT2D eigenvalue weighted by Gasteiger charge is -2.00. The maximum Gasteiger partial charge on any atom is 0.126 e. The van der Waals surface area contributed by atoms with Crippen molar-refractivity contribution in [1.82, 2.24) is 0 Å². The minimum absolute atomic E-state index is 0.0633. The highest BCUT2D eigenvalue weighted by Crippen LogP contribution is 2.46. The summed E-state index contributed by atoms with van der Waals surface area (Å²) in [4.78, 5) is 0. The number of halogens is 1. The lowest BCUT2D eigenvalue weighted by Crippen LogP contribution is -1.86. The molecule has 0 aliphatic heterocycles. The number of aryl methyl sites for hydroxylation is 1. The summed E-state index contributed by atoms with van der Waals surface area (Å²) in [5.74, 6) is 1.32. The van der Waals surface area contributed by atoms with Crippen molar-refractivity contribution in [1.29, 1.82) is 0 Å². The van der Waals surface area contributed by atoms with Crippen LogP contribution in [0, 0.1) is 18.7 Å². The Morgan fingerprint density at radius 3 is 2.58 bits per heavy atom. The molecule has 0 spiro atoms. The standard InChI is InChI=1S/C11H13F/c1-7-3-4-9(6-11(7)12)10-5-8(10)2/h3-4,6,8,10H,5H2,1-2H3. The number of rotatable bonds is 1. The molecule has 1 aromatic carbocycles. The molecule has 2 unspecified atom stereocenters. The van der Waals surface area contributed by atoms with Gasteiger partial charge in [-0.15, -0.1) is 0 Å². The van der Waals surface area contributed by atoms with Gasteiger partial charge in [0, 0.05) is 0 Å². The van der Waals surface area contributed by atoms with Crippen LogP contribution in [0.15, 0.2) is 18.2 Å². The summed E-state index contributed by atoms with van der Waals surface area (Å²) >= 11 is 0. The predicted molar refractivity (Wildman–Crippen MR) is 47.7 cm³/mol. The molecule has 64 valence electrons. The zero-order chi connectivity index (χ0) is 8.72. The third kappa shape index (κ3) is 1.24. The SMILES string of the molecule is Cc1ccc(C2CC2C)cc1F. The van der Waals surface area contributed by atoms with E-state index in [1.165, 1.54) is 12.0 Å². The average molecular weight is 164 g/mol. The molecule has 0 amide bonds. The maximum absolute atomic E-state index is 13.1. The Hall–Kier alpha value is -0.850. The van der Waals surface area contributed by atoms with Crippen LogP contribution in [0.5, 0.6) is 0 Å². The van der Waals surface area contributed by atoms with Crippen LogP contribution in [-0.4, -0.2) is 0 Å². The van der Waals surface area contributed by atoms with Gasteiger partial charge in [0.15, 0.2) is 0 Å². The van der Waals surface area contributed by atoms with E-state index in [9.17, 15) is 4.39 Å². The zero-order valence-electron chi connectivity index (χ0n) is 7.47. The zero-order valence-corrected chi connectivity index (χ0v) is 7.47. The van der Waals surface area contributed by atoms with Crippen molar-refractivity contribution in [2.45, 2.75) is 26.2 Å². The van der Waals surface area contributed by atoms with Crippen LogP contribution in [0.2, 0.25) is 0 Å². The van der Waals surface area contributed by atoms with E-state index in [0.29, 0.717) is 5.92 Å². The Bertz CT molecular complexity index is 304. The molecule has 12 heavy (non-hydrogen) atoms. The molecule has 1 heteroatoms. The summed E-state index contributed by atoms with van der Waals surface area (Å²) in [5, 5.41) is 0. The van der Waals surface area contributed by atoms with E-state index in [2.05, 4.69) is 6.92 Å². The van der Waals surface area contributed by atoms with Gasteiger partial charge < -0.3 is 0 Å². The molecule has 1 aliphatic carbocycles. The molecule has 0 aromatic heterocycles. The summed E-state index contributed by atoms with van der Waals surface area (Å²) in [7, 11) is 0. The largest absolute Gasteiger partial charge is 0.207 e. The number of benzene rings is 1. The van der Waals surface area contributed by atoms with Crippen LogP contribution in [-0.2, 0) is 0 Å². The van der Waals surface area contributed by atoms with Crippen LogP contribution in [0.3, 0.4) is 0 Å². The molecule has 0 N–H and O–H groups in total. The Balaban J connectivity index is 2.29. The van der Waals surface area contributed by atoms with Crippen molar-refractivity contribution in [2.75, 3.05) is 0 Å².